The monoisotopic (exact) mass is 226 g/mol. The fourth-order valence-electron chi connectivity index (χ4n) is 1.17. The van der Waals surface area contributed by atoms with Gasteiger partial charge in [-0.3, -0.25) is 15.1 Å². The molecule has 0 bridgehead atoms. The average Bonchev–Trinajstić information content (AvgIpc) is 2.25. The van der Waals surface area contributed by atoms with Crippen LogP contribution in [0.25, 0.3) is 0 Å². The lowest BCUT2D eigenvalue weighted by atomic mass is 10.3. The second-order valence-corrected chi connectivity index (χ2v) is 4.29. The zero-order valence-corrected chi connectivity index (χ0v) is 9.50. The van der Waals surface area contributed by atoms with E-state index in [0.717, 1.165) is 18.6 Å². The molecule has 0 atom stereocenters. The van der Waals surface area contributed by atoms with Crippen LogP contribution in [-0.4, -0.2) is 15.7 Å². The molecule has 0 aliphatic carbocycles. The first kappa shape index (κ1) is 12.0. The summed E-state index contributed by atoms with van der Waals surface area (Å²) in [6.45, 7) is 2.14. The summed E-state index contributed by atoms with van der Waals surface area (Å²) in [5, 5.41) is 10.7. The molecule has 1 heterocycles. The summed E-state index contributed by atoms with van der Waals surface area (Å²) in [6.07, 6.45) is 6.44. The predicted molar refractivity (Wildman–Crippen MR) is 61.1 cm³/mol. The minimum Gasteiger partial charge on any atom is -0.263 e. The van der Waals surface area contributed by atoms with Crippen LogP contribution in [0.5, 0.6) is 0 Å². The first-order chi connectivity index (χ1) is 7.25. The Hall–Kier alpha value is -1.10. The third-order valence-corrected chi connectivity index (χ3v) is 3.08. The molecule has 1 aromatic rings. The molecular weight excluding hydrogens is 212 g/mol. The maximum Gasteiger partial charge on any atom is 0.285 e. The minimum absolute atomic E-state index is 0.159. The van der Waals surface area contributed by atoms with Gasteiger partial charge in [-0.25, -0.2) is 0 Å². The number of rotatable bonds is 6. The smallest absolute Gasteiger partial charge is 0.263 e. The third-order valence-electron chi connectivity index (χ3n) is 1.96. The molecule has 82 valence electrons. The van der Waals surface area contributed by atoms with Gasteiger partial charge in [-0.05, 0) is 12.2 Å². The number of hydrogen-bond acceptors (Lipinski definition) is 4. The number of thioether (sulfide) groups is 1. The topological polar surface area (TPSA) is 56.0 Å². The van der Waals surface area contributed by atoms with E-state index in [0.29, 0.717) is 4.90 Å². The van der Waals surface area contributed by atoms with Gasteiger partial charge >= 0.3 is 0 Å². The zero-order chi connectivity index (χ0) is 11.1. The lowest BCUT2D eigenvalue weighted by Crippen LogP contribution is -1.92. The normalized spacial score (nSPS) is 10.2. The summed E-state index contributed by atoms with van der Waals surface area (Å²) in [7, 11) is 0. The molecule has 0 radical (unpaired) electrons. The van der Waals surface area contributed by atoms with Gasteiger partial charge in [0.2, 0.25) is 0 Å². The SMILES string of the molecule is CCCCCSc1cnccc1[N+](=O)[O-]. The Morgan fingerprint density at radius 1 is 1.53 bits per heavy atom. The highest BCUT2D eigenvalue weighted by Crippen LogP contribution is 2.28. The first-order valence-electron chi connectivity index (χ1n) is 4.97. The van der Waals surface area contributed by atoms with Gasteiger partial charge in [0.1, 0.15) is 4.90 Å². The van der Waals surface area contributed by atoms with E-state index in [1.165, 1.54) is 30.4 Å². The lowest BCUT2D eigenvalue weighted by Gasteiger charge is -2.01. The minimum atomic E-state index is -0.357. The van der Waals surface area contributed by atoms with Crippen LogP contribution in [0.1, 0.15) is 26.2 Å². The van der Waals surface area contributed by atoms with Crippen LogP contribution in [0.15, 0.2) is 23.4 Å². The van der Waals surface area contributed by atoms with Crippen molar-refractivity contribution < 1.29 is 4.92 Å². The molecule has 1 aromatic heterocycles. The quantitative estimate of drug-likeness (QED) is 0.323. The Kier molecular flexibility index (Phi) is 5.10. The summed E-state index contributed by atoms with van der Waals surface area (Å²) >= 11 is 1.51. The summed E-state index contributed by atoms with van der Waals surface area (Å²) < 4.78 is 0. The van der Waals surface area contributed by atoms with Crippen LogP contribution in [-0.2, 0) is 0 Å². The van der Waals surface area contributed by atoms with E-state index in [1.807, 2.05) is 0 Å². The van der Waals surface area contributed by atoms with Crippen LogP contribution in [0.3, 0.4) is 0 Å². The first-order valence-corrected chi connectivity index (χ1v) is 5.95. The van der Waals surface area contributed by atoms with Crippen molar-refractivity contribution in [3.63, 3.8) is 0 Å². The molecule has 0 fully saturated rings. The van der Waals surface area contributed by atoms with Crippen molar-refractivity contribution in [1.82, 2.24) is 4.98 Å². The van der Waals surface area contributed by atoms with Crippen LogP contribution in [0, 0.1) is 10.1 Å². The molecule has 0 saturated heterocycles. The third kappa shape index (κ3) is 3.87. The van der Waals surface area contributed by atoms with Crippen molar-refractivity contribution in [1.29, 1.82) is 0 Å². The van der Waals surface area contributed by atoms with E-state index in [1.54, 1.807) is 6.20 Å². The predicted octanol–water partition coefficient (Wildman–Crippen LogP) is 3.27. The number of aromatic nitrogens is 1. The molecule has 1 rings (SSSR count). The largest absolute Gasteiger partial charge is 0.285 e. The summed E-state index contributed by atoms with van der Waals surface area (Å²) in [5.41, 5.74) is 0.159. The van der Waals surface area contributed by atoms with Crippen LogP contribution >= 0.6 is 11.8 Å². The molecule has 4 nitrogen and oxygen atoms in total. The van der Waals surface area contributed by atoms with Gasteiger partial charge in [0, 0.05) is 18.5 Å². The van der Waals surface area contributed by atoms with Crippen molar-refractivity contribution >= 4 is 17.4 Å². The number of unbranched alkanes of at least 4 members (excludes halogenated alkanes) is 2. The van der Waals surface area contributed by atoms with Crippen LogP contribution < -0.4 is 0 Å². The Labute approximate surface area is 93.3 Å². The van der Waals surface area contributed by atoms with E-state index in [-0.39, 0.29) is 10.6 Å². The van der Waals surface area contributed by atoms with E-state index in [4.69, 9.17) is 0 Å². The Morgan fingerprint density at radius 3 is 3.00 bits per heavy atom. The van der Waals surface area contributed by atoms with Crippen molar-refractivity contribution in [2.24, 2.45) is 0 Å². The van der Waals surface area contributed by atoms with E-state index in [2.05, 4.69) is 11.9 Å². The van der Waals surface area contributed by atoms with Gasteiger partial charge in [0.05, 0.1) is 4.92 Å². The number of hydrogen-bond donors (Lipinski definition) is 0. The number of pyridine rings is 1. The Bertz CT molecular complexity index is 331. The molecule has 0 saturated carbocycles. The highest BCUT2D eigenvalue weighted by Gasteiger charge is 2.12. The van der Waals surface area contributed by atoms with Gasteiger partial charge in [0.25, 0.3) is 5.69 Å². The molecule has 5 heteroatoms. The zero-order valence-electron chi connectivity index (χ0n) is 8.68. The second kappa shape index (κ2) is 6.40. The van der Waals surface area contributed by atoms with Crippen molar-refractivity contribution in [3.05, 3.63) is 28.6 Å². The van der Waals surface area contributed by atoms with Gasteiger partial charge in [0.15, 0.2) is 0 Å². The van der Waals surface area contributed by atoms with E-state index in [9.17, 15) is 10.1 Å². The van der Waals surface area contributed by atoms with Crippen molar-refractivity contribution in [2.45, 2.75) is 31.1 Å². The van der Waals surface area contributed by atoms with Crippen molar-refractivity contribution in [2.75, 3.05) is 5.75 Å². The highest BCUT2D eigenvalue weighted by molar-refractivity contribution is 7.99. The van der Waals surface area contributed by atoms with E-state index >= 15 is 0 Å². The molecule has 0 aliphatic rings. The summed E-state index contributed by atoms with van der Waals surface area (Å²) in [4.78, 5) is 14.9. The van der Waals surface area contributed by atoms with Crippen LogP contribution in [0.4, 0.5) is 5.69 Å². The maximum absolute atomic E-state index is 10.7. The van der Waals surface area contributed by atoms with Gasteiger partial charge in [-0.15, -0.1) is 11.8 Å². The summed E-state index contributed by atoms with van der Waals surface area (Å²) in [6, 6.07) is 1.45. The number of nitro groups is 1. The van der Waals surface area contributed by atoms with Crippen LogP contribution in [0.2, 0.25) is 0 Å². The highest BCUT2D eigenvalue weighted by atomic mass is 32.2. The number of nitrogens with zero attached hydrogens (tertiary/aromatic N) is 2. The summed E-state index contributed by atoms with van der Waals surface area (Å²) in [5.74, 6) is 0.917. The van der Waals surface area contributed by atoms with E-state index < -0.39 is 0 Å². The van der Waals surface area contributed by atoms with Gasteiger partial charge in [-0.2, -0.15) is 0 Å². The maximum atomic E-state index is 10.7. The fourth-order valence-corrected chi connectivity index (χ4v) is 2.16. The molecule has 0 N–H and O–H groups in total. The standard InChI is InChI=1S/C10H14N2O2S/c1-2-3-4-7-15-10-8-11-6-5-9(10)12(13)14/h5-6,8H,2-4,7H2,1H3. The average molecular weight is 226 g/mol. The lowest BCUT2D eigenvalue weighted by molar-refractivity contribution is -0.387. The fraction of sp³-hybridized carbons (Fsp3) is 0.500. The molecular formula is C10H14N2O2S. The molecule has 0 aromatic carbocycles. The second-order valence-electron chi connectivity index (χ2n) is 3.16. The molecule has 0 spiro atoms. The Morgan fingerprint density at radius 2 is 2.33 bits per heavy atom. The molecule has 0 unspecified atom stereocenters. The molecule has 15 heavy (non-hydrogen) atoms. The Balaban J connectivity index is 2.56. The van der Waals surface area contributed by atoms with Gasteiger partial charge in [-0.1, -0.05) is 19.8 Å². The molecule has 0 aliphatic heterocycles. The molecule has 0 amide bonds. The van der Waals surface area contributed by atoms with Crippen molar-refractivity contribution in [3.8, 4) is 0 Å². The van der Waals surface area contributed by atoms with Gasteiger partial charge < -0.3 is 0 Å².